The van der Waals surface area contributed by atoms with Gasteiger partial charge in [0, 0.05) is 0 Å². The van der Waals surface area contributed by atoms with E-state index in [0.717, 1.165) is 0 Å². The van der Waals surface area contributed by atoms with Crippen molar-refractivity contribution in [2.45, 2.75) is 149 Å². The number of fused-ring (bicyclic) bond motifs is 1. The third-order valence-corrected chi connectivity index (χ3v) is 7.63. The molecule has 0 aliphatic carbocycles. The van der Waals surface area contributed by atoms with E-state index in [1.54, 1.807) is 11.1 Å². The van der Waals surface area contributed by atoms with Crippen LogP contribution in [0.25, 0.3) is 10.8 Å². The maximum absolute atomic E-state index is 2.48. The van der Waals surface area contributed by atoms with Crippen molar-refractivity contribution >= 4 is 10.8 Å². The molecule has 33 heavy (non-hydrogen) atoms. The molecule has 0 heteroatoms. The molecule has 2 rings (SSSR count). The fourth-order valence-electron chi connectivity index (χ4n) is 5.45. The lowest BCUT2D eigenvalue weighted by atomic mass is 9.86. The molecule has 0 aliphatic heterocycles. The van der Waals surface area contributed by atoms with E-state index < -0.39 is 0 Å². The van der Waals surface area contributed by atoms with E-state index in [9.17, 15) is 0 Å². The van der Waals surface area contributed by atoms with Crippen LogP contribution in [-0.4, -0.2) is 0 Å². The van der Waals surface area contributed by atoms with Gasteiger partial charge >= 0.3 is 0 Å². The summed E-state index contributed by atoms with van der Waals surface area (Å²) in [6.07, 6.45) is 26.6. The molecule has 0 spiro atoms. The van der Waals surface area contributed by atoms with Gasteiger partial charge in [-0.05, 0) is 47.1 Å². The smallest absolute Gasteiger partial charge is 0.0149 e. The second-order valence-electron chi connectivity index (χ2n) is 10.6. The fourth-order valence-corrected chi connectivity index (χ4v) is 5.45. The molecule has 0 fully saturated rings. The Bertz CT molecular complexity index is 728. The van der Waals surface area contributed by atoms with Crippen LogP contribution in [0, 0.1) is 0 Å². The van der Waals surface area contributed by atoms with Gasteiger partial charge in [0.1, 0.15) is 0 Å². The Labute approximate surface area is 207 Å². The molecule has 0 saturated carbocycles. The van der Waals surface area contributed by atoms with Crippen molar-refractivity contribution in [2.75, 3.05) is 0 Å². The van der Waals surface area contributed by atoms with E-state index in [-0.39, 0.29) is 0 Å². The summed E-state index contributed by atoms with van der Waals surface area (Å²) in [4.78, 5) is 0. The zero-order valence-corrected chi connectivity index (χ0v) is 22.5. The van der Waals surface area contributed by atoms with Crippen LogP contribution in [0.4, 0.5) is 0 Å². The third kappa shape index (κ3) is 11.1. The van der Waals surface area contributed by atoms with Crippen molar-refractivity contribution in [1.29, 1.82) is 0 Å². The minimum atomic E-state index is 0.684. The zero-order valence-electron chi connectivity index (χ0n) is 22.5. The van der Waals surface area contributed by atoms with Crippen molar-refractivity contribution in [3.05, 3.63) is 47.5 Å². The molecule has 0 aliphatic rings. The van der Waals surface area contributed by atoms with Gasteiger partial charge in [0.05, 0.1) is 0 Å². The van der Waals surface area contributed by atoms with E-state index in [2.05, 4.69) is 57.2 Å². The summed E-state index contributed by atoms with van der Waals surface area (Å²) >= 11 is 0. The van der Waals surface area contributed by atoms with Crippen LogP contribution in [0.3, 0.4) is 0 Å². The molecule has 0 nitrogen and oxygen atoms in total. The van der Waals surface area contributed by atoms with Gasteiger partial charge in [-0.1, -0.05) is 160 Å². The van der Waals surface area contributed by atoms with E-state index >= 15 is 0 Å². The highest BCUT2D eigenvalue weighted by molar-refractivity contribution is 5.87. The number of benzene rings is 2. The zero-order chi connectivity index (χ0) is 23.6. The molecule has 0 saturated heterocycles. The van der Waals surface area contributed by atoms with Crippen molar-refractivity contribution < 1.29 is 0 Å². The Balaban J connectivity index is 1.81. The average Bonchev–Trinajstić information content (AvgIpc) is 2.84. The fraction of sp³-hybridized carbons (Fsp3) is 0.697. The van der Waals surface area contributed by atoms with Gasteiger partial charge in [-0.2, -0.15) is 0 Å². The van der Waals surface area contributed by atoms with Gasteiger partial charge in [0.15, 0.2) is 0 Å². The summed E-state index contributed by atoms with van der Waals surface area (Å²) in [5.74, 6) is 0.684. The number of hydrogen-bond acceptors (Lipinski definition) is 0. The Morgan fingerprint density at radius 1 is 0.545 bits per heavy atom. The van der Waals surface area contributed by atoms with Crippen LogP contribution in [0.1, 0.15) is 153 Å². The van der Waals surface area contributed by atoms with Gasteiger partial charge in [-0.15, -0.1) is 0 Å². The molecular formula is C33H54. The molecule has 0 radical (unpaired) electrons. The van der Waals surface area contributed by atoms with Crippen LogP contribution in [-0.2, 0) is 6.42 Å². The lowest BCUT2D eigenvalue weighted by Crippen LogP contribution is -2.02. The predicted molar refractivity (Wildman–Crippen MR) is 151 cm³/mol. The average molecular weight is 451 g/mol. The van der Waals surface area contributed by atoms with Gasteiger partial charge in [0.2, 0.25) is 0 Å². The number of unbranched alkanes of at least 4 members (excludes halogenated alkanes) is 15. The molecule has 0 aromatic heterocycles. The summed E-state index contributed by atoms with van der Waals surface area (Å²) in [5.41, 5.74) is 3.29. The SMILES string of the molecule is CCCCCCCCCCCCc1c(C(C)CCCCCCCCC)ccc2ccccc12. The van der Waals surface area contributed by atoms with Gasteiger partial charge in [-0.3, -0.25) is 0 Å². The Kier molecular flexibility index (Phi) is 15.3. The standard InChI is InChI=1S/C33H54/c1-4-6-8-10-12-13-14-16-18-20-26-33-31(28-27-30-24-21-22-25-32(30)33)29(3)23-19-17-15-11-9-7-5-2/h21-22,24-25,27-29H,4-20,23,26H2,1-3H3. The van der Waals surface area contributed by atoms with Crippen LogP contribution >= 0.6 is 0 Å². The summed E-state index contributed by atoms with van der Waals surface area (Å²) in [5, 5.41) is 2.93. The summed E-state index contributed by atoms with van der Waals surface area (Å²) in [6, 6.07) is 13.9. The summed E-state index contributed by atoms with van der Waals surface area (Å²) in [6.45, 7) is 7.08. The van der Waals surface area contributed by atoms with Crippen LogP contribution < -0.4 is 0 Å². The molecule has 0 bridgehead atoms. The van der Waals surface area contributed by atoms with Crippen molar-refractivity contribution in [3.8, 4) is 0 Å². The Morgan fingerprint density at radius 3 is 1.67 bits per heavy atom. The van der Waals surface area contributed by atoms with Crippen molar-refractivity contribution in [1.82, 2.24) is 0 Å². The quantitative estimate of drug-likeness (QED) is 0.176. The van der Waals surface area contributed by atoms with E-state index in [0.29, 0.717) is 5.92 Å². The molecule has 186 valence electrons. The number of aryl methyl sites for hydroxylation is 1. The van der Waals surface area contributed by atoms with E-state index in [4.69, 9.17) is 0 Å². The lowest BCUT2D eigenvalue weighted by molar-refractivity contribution is 0.545. The monoisotopic (exact) mass is 450 g/mol. The minimum absolute atomic E-state index is 0.684. The molecule has 1 atom stereocenters. The highest BCUT2D eigenvalue weighted by Gasteiger charge is 2.13. The molecular weight excluding hydrogens is 396 g/mol. The third-order valence-electron chi connectivity index (χ3n) is 7.63. The molecule has 2 aromatic carbocycles. The Hall–Kier alpha value is -1.30. The van der Waals surface area contributed by atoms with Crippen molar-refractivity contribution in [3.63, 3.8) is 0 Å². The second-order valence-corrected chi connectivity index (χ2v) is 10.6. The summed E-state index contributed by atoms with van der Waals surface area (Å²) in [7, 11) is 0. The first kappa shape index (κ1) is 27.9. The highest BCUT2D eigenvalue weighted by Crippen LogP contribution is 2.32. The van der Waals surface area contributed by atoms with Crippen LogP contribution in [0.2, 0.25) is 0 Å². The number of rotatable bonds is 20. The topological polar surface area (TPSA) is 0 Å². The maximum Gasteiger partial charge on any atom is -0.0149 e. The van der Waals surface area contributed by atoms with E-state index in [1.807, 2.05) is 0 Å². The first-order valence-corrected chi connectivity index (χ1v) is 14.8. The second kappa shape index (κ2) is 18.1. The predicted octanol–water partition coefficient (Wildman–Crippen LogP) is 11.5. The van der Waals surface area contributed by atoms with E-state index in [1.165, 1.54) is 133 Å². The first-order chi connectivity index (χ1) is 16.3. The summed E-state index contributed by atoms with van der Waals surface area (Å²) < 4.78 is 0. The molecule has 2 aromatic rings. The van der Waals surface area contributed by atoms with Crippen LogP contribution in [0.15, 0.2) is 36.4 Å². The normalized spacial score (nSPS) is 12.5. The molecule has 0 heterocycles. The minimum Gasteiger partial charge on any atom is -0.0654 e. The highest BCUT2D eigenvalue weighted by atomic mass is 14.2. The van der Waals surface area contributed by atoms with Gasteiger partial charge in [-0.25, -0.2) is 0 Å². The molecule has 0 N–H and O–H groups in total. The van der Waals surface area contributed by atoms with Crippen molar-refractivity contribution in [2.24, 2.45) is 0 Å². The first-order valence-electron chi connectivity index (χ1n) is 14.8. The largest absolute Gasteiger partial charge is 0.0654 e. The maximum atomic E-state index is 2.48. The lowest BCUT2D eigenvalue weighted by Gasteiger charge is -2.19. The number of hydrogen-bond donors (Lipinski definition) is 0. The van der Waals surface area contributed by atoms with Gasteiger partial charge < -0.3 is 0 Å². The Morgan fingerprint density at radius 2 is 1.06 bits per heavy atom. The van der Waals surface area contributed by atoms with Gasteiger partial charge in [0.25, 0.3) is 0 Å². The van der Waals surface area contributed by atoms with Crippen LogP contribution in [0.5, 0.6) is 0 Å². The molecule has 0 amide bonds. The molecule has 1 unspecified atom stereocenters.